The molecule has 0 saturated heterocycles. The number of para-hydroxylation sites is 2. The van der Waals surface area contributed by atoms with Crippen molar-refractivity contribution in [3.05, 3.63) is 152 Å². The average Bonchev–Trinajstić information content (AvgIpc) is 1.51. The van der Waals surface area contributed by atoms with Crippen LogP contribution in [-0.4, -0.2) is 8.80 Å². The molecule has 0 aliphatic heterocycles. The van der Waals surface area contributed by atoms with Crippen LogP contribution in [0.25, 0.3) is 104 Å². The van der Waals surface area contributed by atoms with Crippen LogP contribution in [-0.2, 0) is 12.8 Å². The van der Waals surface area contributed by atoms with Crippen molar-refractivity contribution in [2.24, 2.45) is 11.8 Å². The number of fused-ring (bicyclic) bond motifs is 6. The lowest BCUT2D eigenvalue weighted by molar-refractivity contribution is 0.401. The van der Waals surface area contributed by atoms with Crippen molar-refractivity contribution in [2.75, 3.05) is 0 Å². The molecule has 4 nitrogen and oxygen atoms in total. The van der Waals surface area contributed by atoms with Gasteiger partial charge in [-0.25, -0.2) is 0 Å². The van der Waals surface area contributed by atoms with Gasteiger partial charge in [0.05, 0.1) is 33.2 Å². The number of pyridine rings is 2. The third kappa shape index (κ3) is 19.5. The molecule has 0 aliphatic carbocycles. The summed E-state index contributed by atoms with van der Waals surface area (Å²) in [7, 11) is 0. The Morgan fingerprint density at radius 2 is 0.500 bits per heavy atom. The largest absolute Gasteiger partial charge is 0.273 e. The van der Waals surface area contributed by atoms with Crippen LogP contribution in [0.4, 0.5) is 0 Å². The van der Waals surface area contributed by atoms with Crippen LogP contribution in [0.2, 0.25) is 0 Å². The van der Waals surface area contributed by atoms with Crippen molar-refractivity contribution >= 4 is 112 Å². The molecule has 0 saturated carbocycles. The normalized spacial score (nSPS) is 12.8. The second kappa shape index (κ2) is 40.0. The fraction of sp³-hybridized carbons (Fsp3) is 0.522. The highest BCUT2D eigenvalue weighted by molar-refractivity contribution is 7.28. The molecule has 544 valence electrons. The van der Waals surface area contributed by atoms with Gasteiger partial charge >= 0.3 is 0 Å². The van der Waals surface area contributed by atoms with Crippen LogP contribution >= 0.6 is 68.0 Å². The summed E-state index contributed by atoms with van der Waals surface area (Å²) in [4.78, 5) is 46.8. The topological polar surface area (TPSA) is 43.0 Å². The Balaban J connectivity index is 0.758. The zero-order valence-corrected chi connectivity index (χ0v) is 67.5. The molecule has 2 aromatic carbocycles. The van der Waals surface area contributed by atoms with Crippen molar-refractivity contribution in [3.8, 4) is 59.9 Å². The summed E-state index contributed by atoms with van der Waals surface area (Å²) in [5.41, 5.74) is 4.56. The van der Waals surface area contributed by atoms with Crippen LogP contribution in [0.1, 0.15) is 294 Å². The molecule has 0 bridgehead atoms. The van der Waals surface area contributed by atoms with E-state index in [9.17, 15) is 0 Å². The van der Waals surface area contributed by atoms with Crippen LogP contribution in [0.5, 0.6) is 0 Å². The maximum absolute atomic E-state index is 15.9. The second-order valence-electron chi connectivity index (χ2n) is 30.3. The predicted octanol–water partition coefficient (Wildman–Crippen LogP) is 31.6. The van der Waals surface area contributed by atoms with Crippen molar-refractivity contribution in [1.82, 2.24) is 8.80 Å². The van der Waals surface area contributed by atoms with Gasteiger partial charge in [-0.3, -0.25) is 18.4 Å². The van der Waals surface area contributed by atoms with Gasteiger partial charge in [-0.15, -0.1) is 68.0 Å². The SMILES string of the molecule is CCCCCCCCCCCCC(CCCCCCCCCC)Cc1ccc(-c2ccc(-c3ccc(-c4c(=O)n5c6ccccc6c6c(-c7ccc(-c8ccc(-c9ccc(CC(CCCCCCCCCC)CCCCCCCCCCCC)s9)s8)s7)c(=O)n7c8ccccc8c4c7c65)s3)s2)s1. The number of hydrogen-bond acceptors (Lipinski definition) is 8. The number of benzene rings is 2. The summed E-state index contributed by atoms with van der Waals surface area (Å²) >= 11 is 11.1. The van der Waals surface area contributed by atoms with E-state index in [1.807, 2.05) is 66.3 Å². The molecule has 12 rings (SSSR count). The number of hydrogen-bond donors (Lipinski definition) is 0. The third-order valence-corrected chi connectivity index (χ3v) is 29.7. The standard InChI is InChI=1S/C92H118N2O2S6/c1-5-9-13-17-21-25-27-31-35-39-47-67(45-37-33-29-23-19-15-11-7-3)65-69-53-55-75(97-69)77-57-59-79(99-77)81-61-63-83(101-81)87-85-71-49-41-43-51-73(71)94-89(85)90-86(72-50-42-44-52-74(72)93(90)91(87)95)88(92(94)96)84-64-62-82(102-84)80-60-58-78(100-80)76-56-54-70(98-76)66-68(46-38-34-30-24-20-16-12-8-4)48-40-36-32-28-26-22-18-14-10-6-2/h41-44,49-64,67-68H,5-40,45-48,65-66H2,1-4H3. The minimum absolute atomic E-state index is 0.0420. The second-order valence-corrected chi connectivity index (χ2v) is 37.0. The number of thiophene rings is 6. The van der Waals surface area contributed by atoms with Gasteiger partial charge in [-0.2, -0.15) is 0 Å². The molecule has 10 heteroatoms. The molecular formula is C92H118N2O2S6. The lowest BCUT2D eigenvalue weighted by Gasteiger charge is -2.16. The van der Waals surface area contributed by atoms with E-state index in [1.54, 1.807) is 22.7 Å². The first-order chi connectivity index (χ1) is 50.3. The van der Waals surface area contributed by atoms with E-state index in [1.165, 1.54) is 309 Å². The first-order valence-corrected chi connectivity index (χ1v) is 46.0. The average molecular weight is 1480 g/mol. The Morgan fingerprint density at radius 3 is 0.794 bits per heavy atom. The van der Waals surface area contributed by atoms with E-state index >= 15 is 9.59 Å². The number of unbranched alkanes of at least 4 members (excludes halogenated alkanes) is 32. The molecule has 10 aromatic heterocycles. The monoisotopic (exact) mass is 1470 g/mol. The van der Waals surface area contributed by atoms with Crippen molar-refractivity contribution < 1.29 is 0 Å². The highest BCUT2D eigenvalue weighted by Gasteiger charge is 2.31. The number of aromatic nitrogens is 2. The minimum Gasteiger partial charge on any atom is -0.273 e. The molecule has 0 radical (unpaired) electrons. The van der Waals surface area contributed by atoms with E-state index < -0.39 is 0 Å². The van der Waals surface area contributed by atoms with Gasteiger partial charge in [-0.05, 0) is 110 Å². The summed E-state index contributed by atoms with van der Waals surface area (Å²) in [6.45, 7) is 9.25. The zero-order valence-electron chi connectivity index (χ0n) is 62.6. The fourth-order valence-corrected chi connectivity index (χ4v) is 23.4. The van der Waals surface area contributed by atoms with E-state index in [-0.39, 0.29) is 11.1 Å². The smallest absolute Gasteiger partial charge is 0.265 e. The van der Waals surface area contributed by atoms with Gasteiger partial charge in [0.15, 0.2) is 0 Å². The summed E-state index contributed by atoms with van der Waals surface area (Å²) in [5.74, 6) is 1.52. The Kier molecular flexibility index (Phi) is 29.9. The summed E-state index contributed by atoms with van der Waals surface area (Å²) < 4.78 is 3.90. The molecule has 0 aliphatic rings. The van der Waals surface area contributed by atoms with E-state index in [0.29, 0.717) is 11.1 Å². The molecule has 0 spiro atoms. The minimum atomic E-state index is -0.0420. The molecule has 10 heterocycles. The molecule has 102 heavy (non-hydrogen) atoms. The molecular weight excluding hydrogens is 1360 g/mol. The van der Waals surface area contributed by atoms with Crippen molar-refractivity contribution in [1.29, 1.82) is 0 Å². The first kappa shape index (κ1) is 76.4. The lowest BCUT2D eigenvalue weighted by atomic mass is 9.91. The van der Waals surface area contributed by atoms with Crippen LogP contribution in [0.3, 0.4) is 0 Å². The highest BCUT2D eigenvalue weighted by Crippen LogP contribution is 2.49. The first-order valence-electron chi connectivity index (χ1n) is 41.1. The van der Waals surface area contributed by atoms with Gasteiger partial charge in [0, 0.05) is 80.1 Å². The van der Waals surface area contributed by atoms with E-state index in [0.717, 1.165) is 75.0 Å². The molecule has 12 aromatic rings. The van der Waals surface area contributed by atoms with Crippen LogP contribution < -0.4 is 11.1 Å². The van der Waals surface area contributed by atoms with Crippen LogP contribution in [0, 0.1) is 11.8 Å². The fourth-order valence-electron chi connectivity index (χ4n) is 16.6. The molecule has 0 fully saturated rings. The summed E-state index contributed by atoms with van der Waals surface area (Å²) in [6.07, 6.45) is 57.8. The third-order valence-electron chi connectivity index (χ3n) is 22.4. The quantitative estimate of drug-likeness (QED) is 0.0357. The van der Waals surface area contributed by atoms with E-state index in [4.69, 9.17) is 0 Å². The van der Waals surface area contributed by atoms with Crippen molar-refractivity contribution in [3.63, 3.8) is 0 Å². The van der Waals surface area contributed by atoms with Gasteiger partial charge in [-0.1, -0.05) is 321 Å². The van der Waals surface area contributed by atoms with E-state index in [2.05, 4.69) is 137 Å². The molecule has 2 unspecified atom stereocenters. The molecule has 2 atom stereocenters. The zero-order chi connectivity index (χ0) is 70.2. The number of nitrogens with zero attached hydrogens (tertiary/aromatic N) is 2. The Bertz CT molecular complexity index is 4260. The summed E-state index contributed by atoms with van der Waals surface area (Å²) in [6, 6.07) is 44.1. The highest BCUT2D eigenvalue weighted by atomic mass is 32.1. The Morgan fingerprint density at radius 1 is 0.265 bits per heavy atom. The molecule has 0 N–H and O–H groups in total. The maximum Gasteiger partial charge on any atom is 0.265 e. The lowest BCUT2D eigenvalue weighted by Crippen LogP contribution is -2.19. The maximum atomic E-state index is 15.9. The van der Waals surface area contributed by atoms with Crippen molar-refractivity contribution in [2.45, 2.75) is 297 Å². The Hall–Kier alpha value is -5.20. The van der Waals surface area contributed by atoms with Gasteiger partial charge in [0.25, 0.3) is 11.1 Å². The van der Waals surface area contributed by atoms with Gasteiger partial charge in [0.1, 0.15) is 0 Å². The van der Waals surface area contributed by atoms with Gasteiger partial charge < -0.3 is 0 Å². The van der Waals surface area contributed by atoms with Crippen LogP contribution in [0.15, 0.2) is 131 Å². The summed E-state index contributed by atoms with van der Waals surface area (Å²) in [5, 5.41) is 3.59. The number of rotatable bonds is 50. The van der Waals surface area contributed by atoms with Gasteiger partial charge in [0.2, 0.25) is 0 Å². The molecule has 0 amide bonds. The Labute approximate surface area is 636 Å². The predicted molar refractivity (Wildman–Crippen MR) is 457 cm³/mol.